The Bertz CT molecular complexity index is 1650. The summed E-state index contributed by atoms with van der Waals surface area (Å²) in [5.41, 5.74) is 3.11. The second-order valence-electron chi connectivity index (χ2n) is 8.61. The van der Waals surface area contributed by atoms with Gasteiger partial charge in [0.2, 0.25) is 5.88 Å². The van der Waals surface area contributed by atoms with Crippen LogP contribution in [0.2, 0.25) is 0 Å². The van der Waals surface area contributed by atoms with Gasteiger partial charge in [0.15, 0.2) is 5.65 Å². The van der Waals surface area contributed by atoms with Crippen molar-refractivity contribution in [1.82, 2.24) is 39.3 Å². The third-order valence-corrected chi connectivity index (χ3v) is 6.29. The first-order chi connectivity index (χ1) is 17.8. The molecule has 6 rings (SSSR count). The highest BCUT2D eigenvalue weighted by atomic mass is 19.4. The monoisotopic (exact) mass is 514 g/mol. The summed E-state index contributed by atoms with van der Waals surface area (Å²) in [5, 5.41) is 8.00. The second-order valence-corrected chi connectivity index (χ2v) is 8.61. The van der Waals surface area contributed by atoms with E-state index >= 15 is 0 Å². The Balaban J connectivity index is 1.38. The summed E-state index contributed by atoms with van der Waals surface area (Å²) in [6, 6.07) is 3.55. The van der Waals surface area contributed by atoms with Crippen LogP contribution in [0.4, 0.5) is 17.6 Å². The van der Waals surface area contributed by atoms with Gasteiger partial charge in [-0.1, -0.05) is 0 Å². The van der Waals surface area contributed by atoms with Gasteiger partial charge in [0.25, 0.3) is 5.95 Å². The van der Waals surface area contributed by atoms with E-state index < -0.39 is 18.7 Å². The second kappa shape index (κ2) is 8.35. The molecule has 1 fully saturated rings. The smallest absolute Gasteiger partial charge is 0.408 e. The lowest BCUT2D eigenvalue weighted by atomic mass is 10.0. The molecule has 2 unspecified atom stereocenters. The molecule has 0 radical (unpaired) electrons. The molecule has 1 saturated carbocycles. The van der Waals surface area contributed by atoms with E-state index in [0.29, 0.717) is 33.6 Å². The topological polar surface area (TPSA) is 105 Å². The van der Waals surface area contributed by atoms with Crippen molar-refractivity contribution in [1.29, 1.82) is 0 Å². The molecule has 0 saturated heterocycles. The summed E-state index contributed by atoms with van der Waals surface area (Å²) >= 11 is 0. The number of alkyl halides is 3. The van der Waals surface area contributed by atoms with E-state index in [1.807, 2.05) is 6.07 Å². The van der Waals surface area contributed by atoms with Crippen molar-refractivity contribution in [3.63, 3.8) is 0 Å². The predicted molar refractivity (Wildman–Crippen MR) is 121 cm³/mol. The number of hydrogen-bond acceptors (Lipinski definition) is 8. The largest absolute Gasteiger partial charge is 0.480 e. The minimum absolute atomic E-state index is 0.000492. The van der Waals surface area contributed by atoms with E-state index in [1.165, 1.54) is 26.5 Å². The molecule has 0 amide bonds. The van der Waals surface area contributed by atoms with E-state index in [9.17, 15) is 17.6 Å². The molecule has 0 N–H and O–H groups in total. The first-order valence-corrected chi connectivity index (χ1v) is 11.1. The number of aromatic nitrogens is 8. The van der Waals surface area contributed by atoms with Crippen molar-refractivity contribution in [2.24, 2.45) is 0 Å². The van der Waals surface area contributed by atoms with Gasteiger partial charge in [-0.3, -0.25) is 4.68 Å². The molecule has 2 atom stereocenters. The molecule has 0 spiro atoms. The number of fused-ring (bicyclic) bond motifs is 2. The average Bonchev–Trinajstić information content (AvgIpc) is 3.43. The highest BCUT2D eigenvalue weighted by Crippen LogP contribution is 2.56. The zero-order valence-corrected chi connectivity index (χ0v) is 19.4. The molecule has 14 heteroatoms. The Morgan fingerprint density at radius 2 is 1.86 bits per heavy atom. The molecule has 37 heavy (non-hydrogen) atoms. The van der Waals surface area contributed by atoms with Gasteiger partial charge >= 0.3 is 12.2 Å². The fraction of sp³-hybridized carbons (Fsp3) is 0.304. The Morgan fingerprint density at radius 3 is 2.62 bits per heavy atom. The molecule has 5 aromatic heterocycles. The third kappa shape index (κ3) is 4.07. The van der Waals surface area contributed by atoms with Gasteiger partial charge in [0.1, 0.15) is 12.1 Å². The number of methoxy groups -OCH3 is 2. The molecule has 0 aliphatic heterocycles. The van der Waals surface area contributed by atoms with Crippen LogP contribution < -0.4 is 9.47 Å². The Kier molecular flexibility index (Phi) is 5.21. The zero-order chi connectivity index (χ0) is 25.9. The summed E-state index contributed by atoms with van der Waals surface area (Å²) < 4.78 is 65.8. The van der Waals surface area contributed by atoms with Crippen molar-refractivity contribution in [2.75, 3.05) is 14.2 Å². The molecule has 1 aliphatic rings. The zero-order valence-electron chi connectivity index (χ0n) is 19.4. The lowest BCUT2D eigenvalue weighted by Gasteiger charge is -2.11. The van der Waals surface area contributed by atoms with Gasteiger partial charge in [-0.25, -0.2) is 19.5 Å². The van der Waals surface area contributed by atoms with Gasteiger partial charge in [-0.2, -0.15) is 27.6 Å². The van der Waals surface area contributed by atoms with E-state index in [4.69, 9.17) is 9.47 Å². The van der Waals surface area contributed by atoms with Crippen molar-refractivity contribution in [3.05, 3.63) is 54.0 Å². The number of halogens is 4. The first kappa shape index (κ1) is 23.1. The number of rotatable bonds is 6. The molecule has 5 aromatic rings. The molecular formula is C23H18F4N8O2. The fourth-order valence-corrected chi connectivity index (χ4v) is 4.56. The number of ether oxygens (including phenoxy) is 2. The van der Waals surface area contributed by atoms with Gasteiger partial charge in [0.05, 0.1) is 31.0 Å². The minimum atomic E-state index is -4.55. The number of pyridine rings is 1. The normalized spacial score (nSPS) is 17.5. The minimum Gasteiger partial charge on any atom is -0.480 e. The van der Waals surface area contributed by atoms with Crippen molar-refractivity contribution in [2.45, 2.75) is 31.0 Å². The number of nitrogens with zero attached hydrogens (tertiary/aromatic N) is 8. The molecule has 190 valence electrons. The quantitative estimate of drug-likeness (QED) is 0.314. The maximum absolute atomic E-state index is 14.1. The molecule has 0 aromatic carbocycles. The van der Waals surface area contributed by atoms with Crippen LogP contribution in [-0.2, 0) is 6.54 Å². The van der Waals surface area contributed by atoms with E-state index in [0.717, 1.165) is 5.56 Å². The molecule has 10 nitrogen and oxygen atoms in total. The van der Waals surface area contributed by atoms with Crippen LogP contribution in [-0.4, -0.2) is 59.7 Å². The lowest BCUT2D eigenvalue weighted by molar-refractivity contribution is -0.142. The lowest BCUT2D eigenvalue weighted by Crippen LogP contribution is -2.18. The number of imidazole rings is 1. The predicted octanol–water partition coefficient (Wildman–Crippen LogP) is 3.92. The highest BCUT2D eigenvalue weighted by Gasteiger charge is 2.42. The Hall–Kier alpha value is -4.36. The summed E-state index contributed by atoms with van der Waals surface area (Å²) in [5.74, 6) is -0.822. The van der Waals surface area contributed by atoms with Crippen molar-refractivity contribution in [3.8, 4) is 23.1 Å². The summed E-state index contributed by atoms with van der Waals surface area (Å²) in [6.45, 7) is -1.40. The summed E-state index contributed by atoms with van der Waals surface area (Å²) in [7, 11) is 2.93. The van der Waals surface area contributed by atoms with Gasteiger partial charge in [0, 0.05) is 30.4 Å². The Labute approximate surface area is 205 Å². The molecule has 1 aliphatic carbocycles. The molecular weight excluding hydrogens is 496 g/mol. The first-order valence-electron chi connectivity index (χ1n) is 11.1. The third-order valence-electron chi connectivity index (χ3n) is 6.29. The van der Waals surface area contributed by atoms with Crippen LogP contribution in [0.3, 0.4) is 0 Å². The van der Waals surface area contributed by atoms with Gasteiger partial charge < -0.3 is 9.47 Å². The van der Waals surface area contributed by atoms with Crippen LogP contribution in [0, 0.1) is 5.95 Å². The van der Waals surface area contributed by atoms with Crippen molar-refractivity contribution >= 4 is 16.7 Å². The maximum Gasteiger partial charge on any atom is 0.408 e. The summed E-state index contributed by atoms with van der Waals surface area (Å²) in [4.78, 5) is 16.9. The van der Waals surface area contributed by atoms with Crippen LogP contribution >= 0.6 is 0 Å². The van der Waals surface area contributed by atoms with Crippen LogP contribution in [0.25, 0.3) is 27.9 Å². The molecule has 5 heterocycles. The van der Waals surface area contributed by atoms with E-state index in [2.05, 4.69) is 30.1 Å². The van der Waals surface area contributed by atoms with Crippen LogP contribution in [0.1, 0.15) is 29.4 Å². The van der Waals surface area contributed by atoms with Gasteiger partial charge in [-0.05, 0) is 36.0 Å². The average molecular weight is 514 g/mol. The maximum atomic E-state index is 14.1. The SMILES string of the molecule is COc1ncc(-c2cc(C3CC3c3cnc4c(F)nn(CC(F)(F)F)c4c3)c3nccn3n2)c(OC)n1. The number of hydrogen-bond donors (Lipinski definition) is 0. The fourth-order valence-electron chi connectivity index (χ4n) is 4.56. The van der Waals surface area contributed by atoms with E-state index in [-0.39, 0.29) is 34.8 Å². The summed E-state index contributed by atoms with van der Waals surface area (Å²) in [6.07, 6.45) is 2.53. The van der Waals surface area contributed by atoms with Gasteiger partial charge in [-0.15, -0.1) is 5.10 Å². The van der Waals surface area contributed by atoms with Crippen molar-refractivity contribution < 1.29 is 27.0 Å². The standard InChI is InChI=1S/C23H18F4N8O2/c1-36-21-15(9-30-22(31-21)37-2)16-7-14(20-28-3-4-34(20)32-16)13-6-12(13)11-5-17-18(29-8-11)19(24)33-35(17)10-23(25,26)27/h3-5,7-9,12-13H,6,10H2,1-2H3. The Morgan fingerprint density at radius 1 is 1.03 bits per heavy atom. The van der Waals surface area contributed by atoms with Crippen LogP contribution in [0.15, 0.2) is 36.9 Å². The van der Waals surface area contributed by atoms with Crippen LogP contribution in [0.5, 0.6) is 11.9 Å². The molecule has 0 bridgehead atoms. The highest BCUT2D eigenvalue weighted by molar-refractivity contribution is 5.76. The van der Waals surface area contributed by atoms with E-state index in [1.54, 1.807) is 23.1 Å².